The van der Waals surface area contributed by atoms with Crippen LogP contribution in [0.15, 0.2) is 52.0 Å². The quantitative estimate of drug-likeness (QED) is 0.798. The molecule has 0 aliphatic carbocycles. The zero-order valence-corrected chi connectivity index (χ0v) is 15.5. The molecular weight excluding hydrogens is 354 g/mol. The van der Waals surface area contributed by atoms with Crippen LogP contribution in [0, 0.1) is 0 Å². The van der Waals surface area contributed by atoms with Gasteiger partial charge in [0.25, 0.3) is 5.91 Å². The Morgan fingerprint density at radius 2 is 1.88 bits per heavy atom. The maximum absolute atomic E-state index is 12.3. The molecule has 2 heterocycles. The molecule has 1 amide bonds. The van der Waals surface area contributed by atoms with E-state index >= 15 is 0 Å². The van der Waals surface area contributed by atoms with Crippen LogP contribution in [-0.2, 0) is 16.6 Å². The van der Waals surface area contributed by atoms with E-state index in [1.165, 1.54) is 30.5 Å². The molecule has 8 heteroatoms. The van der Waals surface area contributed by atoms with Gasteiger partial charge >= 0.3 is 0 Å². The van der Waals surface area contributed by atoms with Crippen LogP contribution in [0.5, 0.6) is 0 Å². The maximum atomic E-state index is 12.3. The van der Waals surface area contributed by atoms with E-state index < -0.39 is 10.0 Å². The molecule has 1 saturated heterocycles. The fourth-order valence-electron chi connectivity index (χ4n) is 2.87. The van der Waals surface area contributed by atoms with Crippen molar-refractivity contribution in [1.29, 1.82) is 0 Å². The second kappa shape index (κ2) is 8.03. The van der Waals surface area contributed by atoms with E-state index in [0.717, 1.165) is 25.9 Å². The van der Waals surface area contributed by atoms with Crippen molar-refractivity contribution in [1.82, 2.24) is 14.9 Å². The lowest BCUT2D eigenvalue weighted by atomic mass is 10.0. The molecule has 0 atom stereocenters. The van der Waals surface area contributed by atoms with Crippen molar-refractivity contribution in [2.75, 3.05) is 20.1 Å². The Balaban J connectivity index is 1.59. The number of carbonyl (C=O) groups is 1. The minimum atomic E-state index is -3.66. The van der Waals surface area contributed by atoms with E-state index in [1.807, 2.05) is 0 Å². The second-order valence-corrected chi connectivity index (χ2v) is 8.25. The normalized spacial score (nSPS) is 16.5. The van der Waals surface area contributed by atoms with Gasteiger partial charge in [-0.1, -0.05) is 0 Å². The van der Waals surface area contributed by atoms with E-state index in [1.54, 1.807) is 12.1 Å². The molecule has 0 radical (unpaired) electrons. The molecule has 1 fully saturated rings. The summed E-state index contributed by atoms with van der Waals surface area (Å²) in [4.78, 5) is 14.7. The number of amides is 1. The minimum Gasteiger partial charge on any atom is -0.468 e. The summed E-state index contributed by atoms with van der Waals surface area (Å²) < 4.78 is 32.2. The largest absolute Gasteiger partial charge is 0.468 e. The lowest BCUT2D eigenvalue weighted by molar-refractivity contribution is 0.0916. The number of rotatable bonds is 6. The van der Waals surface area contributed by atoms with Crippen LogP contribution in [0.25, 0.3) is 0 Å². The van der Waals surface area contributed by atoms with Crippen molar-refractivity contribution in [3.63, 3.8) is 0 Å². The molecule has 0 spiro atoms. The van der Waals surface area contributed by atoms with Crippen LogP contribution in [0.3, 0.4) is 0 Å². The van der Waals surface area contributed by atoms with Crippen LogP contribution in [-0.4, -0.2) is 45.4 Å². The van der Waals surface area contributed by atoms with Crippen molar-refractivity contribution in [3.05, 3.63) is 54.0 Å². The molecule has 0 bridgehead atoms. The first-order valence-corrected chi connectivity index (χ1v) is 10.0. The molecular formula is C18H23N3O4S. The number of benzene rings is 1. The molecule has 2 N–H and O–H groups in total. The first-order chi connectivity index (χ1) is 12.4. The Morgan fingerprint density at radius 1 is 1.19 bits per heavy atom. The number of likely N-dealkylation sites (tertiary alicyclic amines) is 1. The van der Waals surface area contributed by atoms with Crippen LogP contribution in [0.1, 0.15) is 29.0 Å². The molecule has 7 nitrogen and oxygen atoms in total. The predicted octanol–water partition coefficient (Wildman–Crippen LogP) is 1.58. The average Bonchev–Trinajstić information content (AvgIpc) is 3.16. The van der Waals surface area contributed by atoms with Crippen molar-refractivity contribution in [2.24, 2.45) is 0 Å². The number of furan rings is 1. The number of carbonyl (C=O) groups excluding carboxylic acids is 1. The van der Waals surface area contributed by atoms with Gasteiger partial charge in [-0.3, -0.25) is 4.79 Å². The number of nitrogens with zero attached hydrogens (tertiary/aromatic N) is 1. The molecule has 0 saturated carbocycles. The van der Waals surface area contributed by atoms with Gasteiger partial charge in [0.05, 0.1) is 17.7 Å². The molecule has 3 rings (SSSR count). The summed E-state index contributed by atoms with van der Waals surface area (Å²) in [7, 11) is -1.59. The van der Waals surface area contributed by atoms with E-state index in [0.29, 0.717) is 11.3 Å². The molecule has 26 heavy (non-hydrogen) atoms. The first-order valence-electron chi connectivity index (χ1n) is 8.55. The highest BCUT2D eigenvalue weighted by atomic mass is 32.2. The summed E-state index contributed by atoms with van der Waals surface area (Å²) in [5.41, 5.74) is 0.453. The second-order valence-electron chi connectivity index (χ2n) is 6.48. The summed E-state index contributed by atoms with van der Waals surface area (Å²) in [6.07, 6.45) is 3.33. The molecule has 1 aliphatic rings. The van der Waals surface area contributed by atoms with Gasteiger partial charge in [-0.25, -0.2) is 13.1 Å². The number of piperidine rings is 1. The van der Waals surface area contributed by atoms with Gasteiger partial charge in [0.15, 0.2) is 0 Å². The minimum absolute atomic E-state index is 0.0771. The average molecular weight is 377 g/mol. The van der Waals surface area contributed by atoms with Gasteiger partial charge in [-0.05, 0) is 69.4 Å². The van der Waals surface area contributed by atoms with Crippen molar-refractivity contribution >= 4 is 15.9 Å². The zero-order chi connectivity index (χ0) is 18.6. The van der Waals surface area contributed by atoms with Gasteiger partial charge in [0, 0.05) is 11.6 Å². The van der Waals surface area contributed by atoms with Gasteiger partial charge < -0.3 is 14.6 Å². The van der Waals surface area contributed by atoms with Crippen molar-refractivity contribution < 1.29 is 17.6 Å². The first kappa shape index (κ1) is 18.6. The topological polar surface area (TPSA) is 91.7 Å². The lowest BCUT2D eigenvalue weighted by Gasteiger charge is -2.29. The van der Waals surface area contributed by atoms with Crippen LogP contribution < -0.4 is 10.0 Å². The third kappa shape index (κ3) is 4.72. The van der Waals surface area contributed by atoms with E-state index in [-0.39, 0.29) is 23.4 Å². The zero-order valence-electron chi connectivity index (χ0n) is 14.6. The molecule has 1 aliphatic heterocycles. The smallest absolute Gasteiger partial charge is 0.251 e. The van der Waals surface area contributed by atoms with Crippen molar-refractivity contribution in [2.45, 2.75) is 30.3 Å². The summed E-state index contributed by atoms with van der Waals surface area (Å²) in [5, 5.41) is 3.01. The predicted molar refractivity (Wildman–Crippen MR) is 97.2 cm³/mol. The Morgan fingerprint density at radius 3 is 2.50 bits per heavy atom. The number of hydrogen-bond acceptors (Lipinski definition) is 5. The monoisotopic (exact) mass is 377 g/mol. The Hall–Kier alpha value is -2.16. The Bertz CT molecular complexity index is 824. The summed E-state index contributed by atoms with van der Waals surface area (Å²) in [6, 6.07) is 9.50. The highest BCUT2D eigenvalue weighted by Gasteiger charge is 2.20. The highest BCUT2D eigenvalue weighted by molar-refractivity contribution is 7.89. The van der Waals surface area contributed by atoms with Gasteiger partial charge in [-0.2, -0.15) is 0 Å². The SMILES string of the molecule is CN1CCC(NC(=O)c2ccc(S(=O)(=O)NCc3ccco3)cc2)CC1. The third-order valence-corrected chi connectivity index (χ3v) is 5.91. The van der Waals surface area contributed by atoms with Gasteiger partial charge in [-0.15, -0.1) is 0 Å². The van der Waals surface area contributed by atoms with Crippen LogP contribution in [0.2, 0.25) is 0 Å². The molecule has 140 valence electrons. The summed E-state index contributed by atoms with van der Waals surface area (Å²) in [6.45, 7) is 2.00. The van der Waals surface area contributed by atoms with Gasteiger partial charge in [0.1, 0.15) is 5.76 Å². The fraction of sp³-hybridized carbons (Fsp3) is 0.389. The number of nitrogens with one attached hydrogen (secondary N) is 2. The highest BCUT2D eigenvalue weighted by Crippen LogP contribution is 2.13. The number of hydrogen-bond donors (Lipinski definition) is 2. The number of sulfonamides is 1. The molecule has 0 unspecified atom stereocenters. The lowest BCUT2D eigenvalue weighted by Crippen LogP contribution is -2.43. The van der Waals surface area contributed by atoms with Gasteiger partial charge in [0.2, 0.25) is 10.0 Å². The standard InChI is InChI=1S/C18H23N3O4S/c1-21-10-8-15(9-11-21)20-18(22)14-4-6-17(7-5-14)26(23,24)19-13-16-3-2-12-25-16/h2-7,12,15,19H,8-11,13H2,1H3,(H,20,22). The van der Waals surface area contributed by atoms with Crippen LogP contribution >= 0.6 is 0 Å². The van der Waals surface area contributed by atoms with E-state index in [9.17, 15) is 13.2 Å². The molecule has 2 aromatic rings. The maximum Gasteiger partial charge on any atom is 0.251 e. The Labute approximate surface area is 153 Å². The van der Waals surface area contributed by atoms with Crippen molar-refractivity contribution in [3.8, 4) is 0 Å². The van der Waals surface area contributed by atoms with E-state index in [4.69, 9.17) is 4.42 Å². The fourth-order valence-corrected chi connectivity index (χ4v) is 3.86. The summed E-state index contributed by atoms with van der Waals surface area (Å²) >= 11 is 0. The summed E-state index contributed by atoms with van der Waals surface area (Å²) in [5.74, 6) is 0.356. The van der Waals surface area contributed by atoms with Crippen LogP contribution in [0.4, 0.5) is 0 Å². The van der Waals surface area contributed by atoms with E-state index in [2.05, 4.69) is 22.0 Å². The molecule has 1 aromatic heterocycles. The Kier molecular flexibility index (Phi) is 5.75. The molecule has 1 aromatic carbocycles. The third-order valence-electron chi connectivity index (χ3n) is 4.50.